The molecule has 1 atom stereocenters. The van der Waals surface area contributed by atoms with Gasteiger partial charge >= 0.3 is 0 Å². The molecule has 0 aromatic heterocycles. The maximum Gasteiger partial charge on any atom is 0.0828 e. The van der Waals surface area contributed by atoms with Crippen LogP contribution in [0.3, 0.4) is 0 Å². The number of rotatable bonds is 15. The predicted octanol–water partition coefficient (Wildman–Crippen LogP) is 3.99. The molecule has 0 amide bonds. The zero-order valence-electron chi connectivity index (χ0n) is 18.8. The minimum absolute atomic E-state index is 0.331. The van der Waals surface area contributed by atoms with E-state index >= 15 is 0 Å². The number of methoxy groups -OCH3 is 1. The van der Waals surface area contributed by atoms with Crippen molar-refractivity contribution in [2.75, 3.05) is 60.0 Å². The van der Waals surface area contributed by atoms with Gasteiger partial charge in [-0.2, -0.15) is 0 Å². The first kappa shape index (κ1) is 26.2. The first-order valence-electron chi connectivity index (χ1n) is 9.78. The van der Waals surface area contributed by atoms with Gasteiger partial charge in [0.15, 0.2) is 0 Å². The maximum atomic E-state index is 6.41. The molecule has 0 aromatic rings. The molecule has 0 fully saturated rings. The first-order valence-corrected chi connectivity index (χ1v) is 16.4. The van der Waals surface area contributed by atoms with Gasteiger partial charge in [0.2, 0.25) is 0 Å². The summed E-state index contributed by atoms with van der Waals surface area (Å²) in [5, 5.41) is 0.761. The van der Waals surface area contributed by atoms with Crippen molar-refractivity contribution in [3.8, 4) is 0 Å². The molecule has 0 saturated carbocycles. The molecule has 0 heterocycles. The Labute approximate surface area is 164 Å². The molecule has 0 saturated heterocycles. The Morgan fingerprint density at radius 2 is 1.04 bits per heavy atom. The number of hydrogen-bond acceptors (Lipinski definition) is 5. The third-order valence-electron chi connectivity index (χ3n) is 5.06. The molecule has 0 N–H and O–H groups in total. The van der Waals surface area contributed by atoms with Gasteiger partial charge in [-0.3, -0.25) is 0 Å². The normalized spacial score (nSPS) is 14.7. The van der Waals surface area contributed by atoms with E-state index in [-0.39, 0.29) is 0 Å². The highest BCUT2D eigenvalue weighted by molar-refractivity contribution is 6.97. The van der Waals surface area contributed by atoms with Crippen LogP contribution < -0.4 is 0 Å². The van der Waals surface area contributed by atoms with Gasteiger partial charge in [0.1, 0.15) is 0 Å². The average Bonchev–Trinajstić information content (AvgIpc) is 2.49. The number of ether oxygens (including phenoxy) is 5. The summed E-state index contributed by atoms with van der Waals surface area (Å²) in [7, 11) is -1.26. The summed E-state index contributed by atoms with van der Waals surface area (Å²) >= 11 is 0. The molecule has 0 aliphatic carbocycles. The summed E-state index contributed by atoms with van der Waals surface area (Å²) in [4.78, 5) is 0. The molecule has 1 unspecified atom stereocenters. The van der Waals surface area contributed by atoms with E-state index in [9.17, 15) is 0 Å². The zero-order valence-corrected chi connectivity index (χ0v) is 20.8. The molecule has 0 spiro atoms. The van der Waals surface area contributed by atoms with E-state index in [4.69, 9.17) is 23.7 Å². The van der Waals surface area contributed by atoms with Crippen LogP contribution in [0.15, 0.2) is 0 Å². The Kier molecular flexibility index (Phi) is 12.8. The lowest BCUT2D eigenvalue weighted by Crippen LogP contribution is -2.61. The molecule has 0 rings (SSSR count). The van der Waals surface area contributed by atoms with E-state index in [1.54, 1.807) is 7.11 Å². The lowest BCUT2D eigenvalue weighted by Gasteiger charge is -2.47. The van der Waals surface area contributed by atoms with Crippen LogP contribution in [0.25, 0.3) is 0 Å². The van der Waals surface area contributed by atoms with Gasteiger partial charge < -0.3 is 23.7 Å². The molecular weight excluding hydrogens is 364 g/mol. The zero-order chi connectivity index (χ0) is 20.3. The Morgan fingerprint density at radius 1 is 0.654 bits per heavy atom. The lowest BCUT2D eigenvalue weighted by molar-refractivity contribution is -0.00760. The van der Waals surface area contributed by atoms with Crippen LogP contribution in [0.4, 0.5) is 0 Å². The van der Waals surface area contributed by atoms with Crippen LogP contribution in [0.1, 0.15) is 20.8 Å². The topological polar surface area (TPSA) is 46.2 Å². The molecule has 158 valence electrons. The van der Waals surface area contributed by atoms with Crippen LogP contribution in [-0.4, -0.2) is 81.5 Å². The van der Waals surface area contributed by atoms with Crippen molar-refractivity contribution in [1.29, 1.82) is 0 Å². The van der Waals surface area contributed by atoms with Crippen molar-refractivity contribution in [2.24, 2.45) is 0 Å². The van der Waals surface area contributed by atoms with E-state index in [0.29, 0.717) is 63.2 Å². The van der Waals surface area contributed by atoms with Gasteiger partial charge in [0.05, 0.1) is 69.0 Å². The quantitative estimate of drug-likeness (QED) is 0.303. The second-order valence-corrected chi connectivity index (χ2v) is 20.7. The van der Waals surface area contributed by atoms with Crippen molar-refractivity contribution in [1.82, 2.24) is 0 Å². The summed E-state index contributed by atoms with van der Waals surface area (Å²) < 4.78 is 27.8. The molecule has 26 heavy (non-hydrogen) atoms. The van der Waals surface area contributed by atoms with Gasteiger partial charge in [0, 0.05) is 12.5 Å². The largest absolute Gasteiger partial charge is 0.382 e. The lowest BCUT2D eigenvalue weighted by atomic mass is 10.2. The fraction of sp³-hybridized carbons (Fsp3) is 1.00. The van der Waals surface area contributed by atoms with Gasteiger partial charge in [-0.15, -0.1) is 0 Å². The van der Waals surface area contributed by atoms with Gasteiger partial charge in [0.25, 0.3) is 0 Å². The summed E-state index contributed by atoms with van der Waals surface area (Å²) in [6.45, 7) is 24.2. The second kappa shape index (κ2) is 12.6. The third-order valence-corrected chi connectivity index (χ3v) is 16.9. The molecule has 5 nitrogen and oxygen atoms in total. The van der Waals surface area contributed by atoms with E-state index in [1.807, 2.05) is 0 Å². The minimum Gasteiger partial charge on any atom is -0.382 e. The summed E-state index contributed by atoms with van der Waals surface area (Å²) in [6.07, 6.45) is 0. The monoisotopic (exact) mass is 408 g/mol. The molecule has 0 aliphatic rings. The average molecular weight is 409 g/mol. The van der Waals surface area contributed by atoms with Crippen LogP contribution in [0, 0.1) is 0 Å². The van der Waals surface area contributed by atoms with E-state index in [2.05, 4.69) is 53.5 Å². The highest BCUT2D eigenvalue weighted by Crippen LogP contribution is 2.41. The van der Waals surface area contributed by atoms with Crippen LogP contribution in [0.2, 0.25) is 37.8 Å². The summed E-state index contributed by atoms with van der Waals surface area (Å²) in [5.74, 6) is 0. The fourth-order valence-electron chi connectivity index (χ4n) is 2.84. The molecular formula is C19H44O5Si2. The molecule has 7 heteroatoms. The predicted molar refractivity (Wildman–Crippen MR) is 115 cm³/mol. The van der Waals surface area contributed by atoms with Crippen molar-refractivity contribution in [2.45, 2.75) is 63.9 Å². The second-order valence-electron chi connectivity index (χ2n) is 9.42. The fourth-order valence-corrected chi connectivity index (χ4v) is 14.7. The Morgan fingerprint density at radius 3 is 1.38 bits per heavy atom. The van der Waals surface area contributed by atoms with Crippen molar-refractivity contribution >= 4 is 16.1 Å². The molecule has 0 aliphatic heterocycles. The number of hydrogen-bond donors (Lipinski definition) is 0. The minimum atomic E-state index is -1.53. The van der Waals surface area contributed by atoms with Crippen molar-refractivity contribution in [3.05, 3.63) is 0 Å². The van der Waals surface area contributed by atoms with Gasteiger partial charge in [-0.1, -0.05) is 53.5 Å². The van der Waals surface area contributed by atoms with Crippen LogP contribution in [0.5, 0.6) is 0 Å². The molecule has 0 radical (unpaired) electrons. The molecule has 0 aromatic carbocycles. The Balaban J connectivity index is 3.95. The summed E-state index contributed by atoms with van der Waals surface area (Å²) in [6, 6.07) is 0. The standard InChI is InChI=1S/C19H44O5Si2/c1-19(2,3)26(8,9)18(25(5,6)7)24-17-16-23-15-14-22-13-12-21-11-10-20-4/h18H,10-17H2,1-9H3. The van der Waals surface area contributed by atoms with Crippen molar-refractivity contribution in [3.63, 3.8) is 0 Å². The SMILES string of the molecule is COCCOCCOCCOCCOC([Si](C)(C)C)[Si](C)(C)C(C)(C)C. The molecule has 0 bridgehead atoms. The van der Waals surface area contributed by atoms with E-state index < -0.39 is 16.1 Å². The van der Waals surface area contributed by atoms with Crippen LogP contribution in [-0.2, 0) is 23.7 Å². The maximum absolute atomic E-state index is 6.41. The van der Waals surface area contributed by atoms with Crippen molar-refractivity contribution < 1.29 is 23.7 Å². The third kappa shape index (κ3) is 10.5. The highest BCUT2D eigenvalue weighted by Gasteiger charge is 2.48. The van der Waals surface area contributed by atoms with E-state index in [1.165, 1.54) is 0 Å². The summed E-state index contributed by atoms with van der Waals surface area (Å²) in [5.41, 5.74) is 0. The Hall–Kier alpha value is 0.234. The smallest absolute Gasteiger partial charge is 0.0828 e. The van der Waals surface area contributed by atoms with E-state index in [0.717, 1.165) is 0 Å². The highest BCUT2D eigenvalue weighted by atomic mass is 28.4. The Bertz CT molecular complexity index is 351. The first-order chi connectivity index (χ1) is 11.9. The van der Waals surface area contributed by atoms with Gasteiger partial charge in [-0.05, 0) is 5.04 Å². The van der Waals surface area contributed by atoms with Gasteiger partial charge in [-0.25, -0.2) is 0 Å². The van der Waals surface area contributed by atoms with Crippen LogP contribution >= 0.6 is 0 Å².